The van der Waals surface area contributed by atoms with Gasteiger partial charge in [-0.25, -0.2) is 9.07 Å². The second kappa shape index (κ2) is 7.25. The number of rotatable bonds is 4. The lowest BCUT2D eigenvalue weighted by molar-refractivity contribution is 0.627. The molecular formula is C22H21FN6. The summed E-state index contributed by atoms with van der Waals surface area (Å²) >= 11 is 0. The topological polar surface area (TPSA) is 60.6 Å². The summed E-state index contributed by atoms with van der Waals surface area (Å²) in [6.07, 6.45) is 6.08. The lowest BCUT2D eigenvalue weighted by Gasteiger charge is -2.13. The van der Waals surface area contributed by atoms with Gasteiger partial charge >= 0.3 is 0 Å². The maximum absolute atomic E-state index is 13.4. The van der Waals surface area contributed by atoms with Crippen LogP contribution in [0.1, 0.15) is 23.4 Å². The van der Waals surface area contributed by atoms with E-state index in [0.29, 0.717) is 6.42 Å². The number of hydrogen-bond donors (Lipinski definition) is 1. The first-order chi connectivity index (χ1) is 14.2. The van der Waals surface area contributed by atoms with Gasteiger partial charge in [0.05, 0.1) is 5.52 Å². The number of benzene rings is 2. The van der Waals surface area contributed by atoms with Gasteiger partial charge in [0.25, 0.3) is 0 Å². The van der Waals surface area contributed by atoms with Gasteiger partial charge in [0.15, 0.2) is 5.82 Å². The molecule has 4 aromatic rings. The van der Waals surface area contributed by atoms with Crippen molar-refractivity contribution in [2.75, 3.05) is 13.1 Å². The molecule has 29 heavy (non-hydrogen) atoms. The summed E-state index contributed by atoms with van der Waals surface area (Å²) in [6, 6.07) is 13.1. The highest BCUT2D eigenvalue weighted by molar-refractivity contribution is 5.95. The van der Waals surface area contributed by atoms with Gasteiger partial charge in [0.2, 0.25) is 0 Å². The van der Waals surface area contributed by atoms with Crippen LogP contribution in [0.15, 0.2) is 54.7 Å². The predicted molar refractivity (Wildman–Crippen MR) is 110 cm³/mol. The van der Waals surface area contributed by atoms with Gasteiger partial charge in [-0.2, -0.15) is 0 Å². The molecule has 6 nitrogen and oxygen atoms in total. The van der Waals surface area contributed by atoms with E-state index in [2.05, 4.69) is 55.9 Å². The smallest absolute Gasteiger partial charge is 0.155 e. The quantitative estimate of drug-likeness (QED) is 0.583. The van der Waals surface area contributed by atoms with Crippen molar-refractivity contribution in [3.63, 3.8) is 0 Å². The Labute approximate surface area is 167 Å². The van der Waals surface area contributed by atoms with Crippen LogP contribution in [0.5, 0.6) is 0 Å². The molecule has 0 fully saturated rings. The molecule has 2 aromatic carbocycles. The highest BCUT2D eigenvalue weighted by atomic mass is 19.1. The molecule has 0 atom stereocenters. The first-order valence-corrected chi connectivity index (χ1v) is 9.70. The maximum atomic E-state index is 13.4. The van der Waals surface area contributed by atoms with Crippen molar-refractivity contribution in [1.29, 1.82) is 0 Å². The number of hydrogen-bond acceptors (Lipinski definition) is 4. The van der Waals surface area contributed by atoms with Gasteiger partial charge in [-0.3, -0.25) is 0 Å². The van der Waals surface area contributed by atoms with E-state index in [4.69, 9.17) is 0 Å². The minimum atomic E-state index is -0.230. The molecule has 0 saturated carbocycles. The van der Waals surface area contributed by atoms with E-state index in [1.807, 2.05) is 19.2 Å². The normalized spacial score (nSPS) is 14.3. The van der Waals surface area contributed by atoms with E-state index in [0.717, 1.165) is 42.1 Å². The summed E-state index contributed by atoms with van der Waals surface area (Å²) < 4.78 is 17.3. The largest absolute Gasteiger partial charge is 0.316 e. The van der Waals surface area contributed by atoms with Crippen molar-refractivity contribution >= 4 is 16.5 Å². The van der Waals surface area contributed by atoms with Crippen LogP contribution in [-0.4, -0.2) is 37.9 Å². The van der Waals surface area contributed by atoms with Crippen molar-refractivity contribution in [3.8, 4) is 5.69 Å². The summed E-state index contributed by atoms with van der Waals surface area (Å²) in [5.74, 6) is 0.594. The fraction of sp³-hybridized carbons (Fsp3) is 0.227. The molecule has 0 spiro atoms. The fourth-order valence-electron chi connectivity index (χ4n) is 3.91. The monoisotopic (exact) mass is 388 g/mol. The molecular weight excluding hydrogens is 367 g/mol. The standard InChI is InChI=1S/C22H21FN6/c1-28-22(25-26-27-28)13-15-2-7-21-19(12-15)20(16-8-10-24-11-9-16)14-29(21)18-5-3-17(23)4-6-18/h2-8,12,14,24H,9-11,13H2,1H3. The summed E-state index contributed by atoms with van der Waals surface area (Å²) in [4.78, 5) is 0. The van der Waals surface area contributed by atoms with Crippen molar-refractivity contribution < 1.29 is 4.39 Å². The molecule has 146 valence electrons. The average molecular weight is 388 g/mol. The Morgan fingerprint density at radius 2 is 2.00 bits per heavy atom. The Morgan fingerprint density at radius 3 is 2.72 bits per heavy atom. The van der Waals surface area contributed by atoms with Gasteiger partial charge in [-0.05, 0) is 70.9 Å². The Kier molecular flexibility index (Phi) is 4.44. The SMILES string of the molecule is Cn1nnnc1Cc1ccc2c(c1)c(C1=CCNCC1)cn2-c1ccc(F)cc1. The lowest BCUT2D eigenvalue weighted by atomic mass is 9.98. The molecule has 0 saturated heterocycles. The number of aromatic nitrogens is 5. The predicted octanol–water partition coefficient (Wildman–Crippen LogP) is 3.26. The summed E-state index contributed by atoms with van der Waals surface area (Å²) in [5.41, 5.74) is 5.77. The van der Waals surface area contributed by atoms with Crippen LogP contribution < -0.4 is 5.32 Å². The maximum Gasteiger partial charge on any atom is 0.155 e. The van der Waals surface area contributed by atoms with Gasteiger partial charge in [0, 0.05) is 42.8 Å². The lowest BCUT2D eigenvalue weighted by Crippen LogP contribution is -2.19. The Bertz CT molecular complexity index is 1200. The molecule has 1 aliphatic heterocycles. The first-order valence-electron chi connectivity index (χ1n) is 9.70. The Morgan fingerprint density at radius 1 is 1.14 bits per heavy atom. The van der Waals surface area contributed by atoms with Crippen LogP contribution in [0.3, 0.4) is 0 Å². The first kappa shape index (κ1) is 17.8. The van der Waals surface area contributed by atoms with E-state index < -0.39 is 0 Å². The van der Waals surface area contributed by atoms with Gasteiger partial charge in [0.1, 0.15) is 5.82 Å². The molecule has 0 unspecified atom stereocenters. The Hall–Kier alpha value is -3.32. The summed E-state index contributed by atoms with van der Waals surface area (Å²) in [5, 5.41) is 16.3. The third-order valence-electron chi connectivity index (χ3n) is 5.45. The minimum Gasteiger partial charge on any atom is -0.316 e. The molecule has 3 heterocycles. The van der Waals surface area contributed by atoms with Crippen LogP contribution in [0.2, 0.25) is 0 Å². The highest BCUT2D eigenvalue weighted by Crippen LogP contribution is 2.33. The Balaban J connectivity index is 1.65. The van der Waals surface area contributed by atoms with Crippen molar-refractivity contribution in [2.45, 2.75) is 12.8 Å². The van der Waals surface area contributed by atoms with Gasteiger partial charge in [-0.15, -0.1) is 5.10 Å². The van der Waals surface area contributed by atoms with E-state index in [-0.39, 0.29) is 5.82 Å². The van der Waals surface area contributed by atoms with Crippen LogP contribution >= 0.6 is 0 Å². The number of nitrogens with one attached hydrogen (secondary N) is 1. The van der Waals surface area contributed by atoms with E-state index in [1.54, 1.807) is 4.68 Å². The van der Waals surface area contributed by atoms with Gasteiger partial charge < -0.3 is 9.88 Å². The zero-order chi connectivity index (χ0) is 19.8. The molecule has 1 N–H and O–H groups in total. The zero-order valence-corrected chi connectivity index (χ0v) is 16.1. The zero-order valence-electron chi connectivity index (χ0n) is 16.1. The fourth-order valence-corrected chi connectivity index (χ4v) is 3.91. The van der Waals surface area contributed by atoms with Crippen LogP contribution in [-0.2, 0) is 13.5 Å². The molecule has 0 bridgehead atoms. The van der Waals surface area contributed by atoms with Crippen LogP contribution in [0.4, 0.5) is 4.39 Å². The molecule has 5 rings (SSSR count). The second-order valence-electron chi connectivity index (χ2n) is 7.32. The van der Waals surface area contributed by atoms with Crippen molar-refractivity contribution in [1.82, 2.24) is 30.1 Å². The highest BCUT2D eigenvalue weighted by Gasteiger charge is 2.16. The summed E-state index contributed by atoms with van der Waals surface area (Å²) in [6.45, 7) is 1.85. The molecule has 0 radical (unpaired) electrons. The number of nitrogens with zero attached hydrogens (tertiary/aromatic N) is 5. The van der Waals surface area contributed by atoms with Crippen molar-refractivity contribution in [2.24, 2.45) is 7.05 Å². The molecule has 0 aliphatic carbocycles. The third-order valence-corrected chi connectivity index (χ3v) is 5.45. The van der Waals surface area contributed by atoms with E-state index in [1.165, 1.54) is 28.7 Å². The van der Waals surface area contributed by atoms with Gasteiger partial charge in [-0.1, -0.05) is 12.1 Å². The van der Waals surface area contributed by atoms with E-state index in [9.17, 15) is 4.39 Å². The molecule has 0 amide bonds. The van der Waals surface area contributed by atoms with E-state index >= 15 is 0 Å². The van der Waals surface area contributed by atoms with Crippen molar-refractivity contribution in [3.05, 3.63) is 77.5 Å². The van der Waals surface area contributed by atoms with Crippen LogP contribution in [0.25, 0.3) is 22.2 Å². The minimum absolute atomic E-state index is 0.230. The number of tetrazole rings is 1. The number of aryl methyl sites for hydroxylation is 1. The average Bonchev–Trinajstić information content (AvgIpc) is 3.33. The molecule has 7 heteroatoms. The van der Waals surface area contributed by atoms with Crippen LogP contribution in [0, 0.1) is 5.82 Å². The summed E-state index contributed by atoms with van der Waals surface area (Å²) in [7, 11) is 1.85. The number of fused-ring (bicyclic) bond motifs is 1. The number of halogens is 1. The molecule has 1 aliphatic rings. The third kappa shape index (κ3) is 3.34. The molecule has 2 aromatic heterocycles. The second-order valence-corrected chi connectivity index (χ2v) is 7.32.